The highest BCUT2D eigenvalue weighted by Crippen LogP contribution is 2.21. The molecule has 97 valence electrons. The second kappa shape index (κ2) is 5.53. The molecular formula is C13H10NO4S. The zero-order valence-corrected chi connectivity index (χ0v) is 10.5. The van der Waals surface area contributed by atoms with E-state index < -0.39 is 11.9 Å². The van der Waals surface area contributed by atoms with E-state index in [1.807, 2.05) is 0 Å². The number of phenolic OH excluding ortho intramolecular Hbond substituents is 2. The van der Waals surface area contributed by atoms with Crippen molar-refractivity contribution in [2.75, 3.05) is 0 Å². The van der Waals surface area contributed by atoms with Crippen LogP contribution in [-0.2, 0) is 4.79 Å². The number of benzene rings is 1. The third-order valence-electron chi connectivity index (χ3n) is 2.43. The van der Waals surface area contributed by atoms with Gasteiger partial charge in [0.05, 0.1) is 0 Å². The van der Waals surface area contributed by atoms with E-state index in [0.29, 0.717) is 5.56 Å². The topological polar surface area (TPSA) is 86.6 Å². The number of carbonyl (C=O) groups is 1. The van der Waals surface area contributed by atoms with Crippen LogP contribution in [0.5, 0.6) is 11.5 Å². The molecule has 0 saturated carbocycles. The van der Waals surface area contributed by atoms with E-state index in [4.69, 9.17) is 0 Å². The maximum atomic E-state index is 11.9. The molecule has 0 aliphatic rings. The highest BCUT2D eigenvalue weighted by atomic mass is 32.1. The number of rotatable bonds is 4. The predicted octanol–water partition coefficient (Wildman–Crippen LogP) is 1.74. The van der Waals surface area contributed by atoms with E-state index in [1.54, 1.807) is 23.1 Å². The van der Waals surface area contributed by atoms with Gasteiger partial charge in [0, 0.05) is 11.6 Å². The van der Waals surface area contributed by atoms with Crippen molar-refractivity contribution in [1.82, 2.24) is 5.32 Å². The van der Waals surface area contributed by atoms with Gasteiger partial charge in [0.15, 0.2) is 0 Å². The molecule has 1 atom stereocenters. The summed E-state index contributed by atoms with van der Waals surface area (Å²) < 4.78 is 0. The van der Waals surface area contributed by atoms with Crippen LogP contribution in [0.1, 0.15) is 22.0 Å². The molecule has 0 aliphatic heterocycles. The van der Waals surface area contributed by atoms with E-state index in [0.717, 1.165) is 6.07 Å². The van der Waals surface area contributed by atoms with Gasteiger partial charge in [-0.05, 0) is 34.5 Å². The summed E-state index contributed by atoms with van der Waals surface area (Å²) in [6.45, 7) is 0. The van der Waals surface area contributed by atoms with Crippen molar-refractivity contribution < 1.29 is 19.8 Å². The molecule has 0 fully saturated rings. The molecular weight excluding hydrogens is 266 g/mol. The van der Waals surface area contributed by atoms with Crippen molar-refractivity contribution in [1.29, 1.82) is 0 Å². The highest BCUT2D eigenvalue weighted by molar-refractivity contribution is 7.08. The summed E-state index contributed by atoms with van der Waals surface area (Å²) in [5.74, 6) is -1.04. The lowest BCUT2D eigenvalue weighted by Gasteiger charge is -2.11. The molecule has 1 unspecified atom stereocenters. The van der Waals surface area contributed by atoms with Crippen molar-refractivity contribution in [3.63, 3.8) is 0 Å². The molecule has 2 aromatic rings. The first-order valence-electron chi connectivity index (χ1n) is 5.34. The third kappa shape index (κ3) is 3.11. The van der Waals surface area contributed by atoms with Gasteiger partial charge in [-0.15, -0.1) is 0 Å². The van der Waals surface area contributed by atoms with Crippen molar-refractivity contribution in [2.45, 2.75) is 6.04 Å². The Labute approximate surface area is 113 Å². The number of phenols is 2. The Morgan fingerprint density at radius 2 is 1.95 bits per heavy atom. The lowest BCUT2D eigenvalue weighted by molar-refractivity contribution is 0.0945. The second-order valence-electron chi connectivity index (χ2n) is 3.82. The fraction of sp³-hybridized carbons (Fsp3) is 0.0769. The molecule has 2 rings (SSSR count). The lowest BCUT2D eigenvalue weighted by Crippen LogP contribution is -2.29. The molecule has 1 heterocycles. The zero-order valence-electron chi connectivity index (χ0n) is 9.66. The first-order chi connectivity index (χ1) is 9.10. The minimum Gasteiger partial charge on any atom is -0.508 e. The molecule has 0 spiro atoms. The Kier molecular flexibility index (Phi) is 3.82. The van der Waals surface area contributed by atoms with Gasteiger partial charge in [-0.25, -0.2) is 0 Å². The fourth-order valence-corrected chi connectivity index (χ4v) is 2.25. The third-order valence-corrected chi connectivity index (χ3v) is 3.14. The largest absolute Gasteiger partial charge is 0.508 e. The Hall–Kier alpha value is -2.34. The van der Waals surface area contributed by atoms with Crippen LogP contribution in [0.4, 0.5) is 0 Å². The van der Waals surface area contributed by atoms with Crippen molar-refractivity contribution in [3.8, 4) is 11.5 Å². The molecule has 5 nitrogen and oxygen atoms in total. The summed E-state index contributed by atoms with van der Waals surface area (Å²) in [7, 11) is 0. The number of nitrogens with one attached hydrogen (secondary N) is 1. The summed E-state index contributed by atoms with van der Waals surface area (Å²) in [5.41, 5.74) is 0.700. The van der Waals surface area contributed by atoms with Gasteiger partial charge in [0.25, 0.3) is 5.91 Å². The SMILES string of the molecule is O=[C]C(NC(=O)c1cc(O)cc(O)c1)c1ccsc1. The highest BCUT2D eigenvalue weighted by Gasteiger charge is 2.17. The lowest BCUT2D eigenvalue weighted by atomic mass is 10.1. The first-order valence-corrected chi connectivity index (χ1v) is 6.28. The number of hydrogen-bond acceptors (Lipinski definition) is 5. The zero-order chi connectivity index (χ0) is 13.8. The van der Waals surface area contributed by atoms with E-state index >= 15 is 0 Å². The van der Waals surface area contributed by atoms with Crippen LogP contribution < -0.4 is 5.32 Å². The molecule has 19 heavy (non-hydrogen) atoms. The van der Waals surface area contributed by atoms with Crippen LogP contribution in [0.3, 0.4) is 0 Å². The Morgan fingerprint density at radius 3 is 2.47 bits per heavy atom. The van der Waals surface area contributed by atoms with E-state index in [9.17, 15) is 19.8 Å². The number of amides is 1. The van der Waals surface area contributed by atoms with Crippen molar-refractivity contribution >= 4 is 23.5 Å². The standard InChI is InChI=1S/C13H10NO4S/c15-6-12(8-1-2-19-7-8)14-13(18)9-3-10(16)5-11(17)4-9/h1-5,7,12,16-17H,(H,14,18). The molecule has 1 aromatic heterocycles. The summed E-state index contributed by atoms with van der Waals surface area (Å²) in [5, 5.41) is 24.6. The number of aromatic hydroxyl groups is 2. The van der Waals surface area contributed by atoms with Gasteiger partial charge in [-0.1, -0.05) is 0 Å². The molecule has 0 bridgehead atoms. The van der Waals surface area contributed by atoms with Crippen LogP contribution in [0.15, 0.2) is 35.0 Å². The van der Waals surface area contributed by atoms with Gasteiger partial charge in [-0.2, -0.15) is 11.3 Å². The summed E-state index contributed by atoms with van der Waals surface area (Å²) in [4.78, 5) is 22.8. The quantitative estimate of drug-likeness (QED) is 0.794. The van der Waals surface area contributed by atoms with Gasteiger partial charge in [0.1, 0.15) is 17.5 Å². The van der Waals surface area contributed by atoms with Crippen LogP contribution in [0.25, 0.3) is 0 Å². The van der Waals surface area contributed by atoms with Gasteiger partial charge in [-0.3, -0.25) is 9.59 Å². The maximum Gasteiger partial charge on any atom is 0.252 e. The summed E-state index contributed by atoms with van der Waals surface area (Å²) >= 11 is 1.40. The Balaban J connectivity index is 2.18. The van der Waals surface area contributed by atoms with E-state index in [-0.39, 0.29) is 17.1 Å². The average molecular weight is 276 g/mol. The van der Waals surface area contributed by atoms with Crippen molar-refractivity contribution in [3.05, 3.63) is 46.2 Å². The predicted molar refractivity (Wildman–Crippen MR) is 70.0 cm³/mol. The van der Waals surface area contributed by atoms with Gasteiger partial charge < -0.3 is 15.5 Å². The molecule has 6 heteroatoms. The fourth-order valence-electron chi connectivity index (χ4n) is 1.56. The molecule has 0 saturated heterocycles. The smallest absolute Gasteiger partial charge is 0.252 e. The van der Waals surface area contributed by atoms with Crippen LogP contribution in [0.2, 0.25) is 0 Å². The molecule has 1 amide bonds. The monoisotopic (exact) mass is 276 g/mol. The van der Waals surface area contributed by atoms with Crippen LogP contribution >= 0.6 is 11.3 Å². The summed E-state index contributed by atoms with van der Waals surface area (Å²) in [6, 6.07) is 4.34. The van der Waals surface area contributed by atoms with Crippen LogP contribution in [0, 0.1) is 0 Å². The Morgan fingerprint density at radius 1 is 1.26 bits per heavy atom. The second-order valence-corrected chi connectivity index (χ2v) is 4.60. The normalized spacial score (nSPS) is 11.8. The summed E-state index contributed by atoms with van der Waals surface area (Å²) in [6.07, 6.45) is 1.73. The maximum absolute atomic E-state index is 11.9. The molecule has 0 aliphatic carbocycles. The first kappa shape index (κ1) is 13.1. The van der Waals surface area contributed by atoms with Gasteiger partial charge in [0.2, 0.25) is 6.29 Å². The van der Waals surface area contributed by atoms with Gasteiger partial charge >= 0.3 is 0 Å². The molecule has 1 radical (unpaired) electrons. The van der Waals surface area contributed by atoms with E-state index in [1.165, 1.54) is 23.5 Å². The Bertz CT molecular complexity index is 574. The number of hydrogen-bond donors (Lipinski definition) is 3. The number of thiophene rings is 1. The average Bonchev–Trinajstić information content (AvgIpc) is 2.88. The minimum absolute atomic E-state index is 0.0629. The minimum atomic E-state index is -0.872. The molecule has 1 aromatic carbocycles. The molecule has 3 N–H and O–H groups in total. The van der Waals surface area contributed by atoms with Crippen LogP contribution in [-0.4, -0.2) is 22.4 Å². The van der Waals surface area contributed by atoms with E-state index in [2.05, 4.69) is 5.32 Å². The van der Waals surface area contributed by atoms with Crippen molar-refractivity contribution in [2.24, 2.45) is 0 Å². The number of carbonyl (C=O) groups excluding carboxylic acids is 2.